The number of halogens is 2. The van der Waals surface area contributed by atoms with Crippen molar-refractivity contribution in [2.75, 3.05) is 0 Å². The zero-order chi connectivity index (χ0) is 20.5. The number of aromatic carboxylic acids is 1. The molecule has 4 nitrogen and oxygen atoms in total. The van der Waals surface area contributed by atoms with Gasteiger partial charge in [-0.05, 0) is 48.9 Å². The summed E-state index contributed by atoms with van der Waals surface area (Å²) in [6.07, 6.45) is 0. The average Bonchev–Trinajstić information content (AvgIpc) is 2.97. The Bertz CT molecular complexity index is 1220. The van der Waals surface area contributed by atoms with Gasteiger partial charge in [0.1, 0.15) is 5.75 Å². The van der Waals surface area contributed by atoms with Gasteiger partial charge in [0.25, 0.3) is 0 Å². The number of fused-ring (bicyclic) bond motifs is 1. The molecule has 0 amide bonds. The van der Waals surface area contributed by atoms with E-state index in [2.05, 4.69) is 0 Å². The Balaban J connectivity index is 1.93. The lowest BCUT2D eigenvalue weighted by molar-refractivity contribution is 0.0683. The molecule has 0 atom stereocenters. The fourth-order valence-corrected chi connectivity index (χ4v) is 3.81. The molecule has 3 aromatic carbocycles. The summed E-state index contributed by atoms with van der Waals surface area (Å²) in [5.41, 5.74) is 2.60. The second-order valence-corrected chi connectivity index (χ2v) is 7.58. The Labute approximate surface area is 177 Å². The average molecular weight is 426 g/mol. The van der Waals surface area contributed by atoms with Crippen molar-refractivity contribution in [1.29, 1.82) is 0 Å². The van der Waals surface area contributed by atoms with Gasteiger partial charge in [-0.1, -0.05) is 59.1 Å². The summed E-state index contributed by atoms with van der Waals surface area (Å²) in [6, 6.07) is 20.1. The van der Waals surface area contributed by atoms with Crippen LogP contribution in [0.5, 0.6) is 11.5 Å². The highest BCUT2D eigenvalue weighted by atomic mass is 35.5. The highest BCUT2D eigenvalue weighted by Gasteiger charge is 2.25. The molecule has 29 heavy (non-hydrogen) atoms. The van der Waals surface area contributed by atoms with E-state index >= 15 is 0 Å². The molecule has 4 rings (SSSR count). The van der Waals surface area contributed by atoms with Crippen LogP contribution in [0.25, 0.3) is 10.9 Å². The number of carboxylic acids is 1. The maximum absolute atomic E-state index is 12.3. The summed E-state index contributed by atoms with van der Waals surface area (Å²) in [4.78, 5) is 12.3. The second-order valence-electron chi connectivity index (χ2n) is 6.74. The maximum Gasteiger partial charge on any atom is 0.356 e. The minimum absolute atomic E-state index is 0.0699. The number of hydrogen-bond acceptors (Lipinski definition) is 2. The fraction of sp³-hybridized carbons (Fsp3) is 0.0870. The Morgan fingerprint density at radius 1 is 1.03 bits per heavy atom. The molecule has 0 bridgehead atoms. The number of benzene rings is 3. The van der Waals surface area contributed by atoms with Gasteiger partial charge in [0, 0.05) is 15.4 Å². The van der Waals surface area contributed by atoms with E-state index in [-0.39, 0.29) is 12.2 Å². The topological polar surface area (TPSA) is 51.5 Å². The molecule has 146 valence electrons. The quantitative estimate of drug-likeness (QED) is 0.382. The van der Waals surface area contributed by atoms with Crippen molar-refractivity contribution in [1.82, 2.24) is 4.57 Å². The van der Waals surface area contributed by atoms with E-state index in [1.807, 2.05) is 43.3 Å². The van der Waals surface area contributed by atoms with E-state index in [1.54, 1.807) is 34.9 Å². The minimum atomic E-state index is -1.07. The lowest BCUT2D eigenvalue weighted by Gasteiger charge is -2.11. The lowest BCUT2D eigenvalue weighted by Crippen LogP contribution is -2.10. The molecule has 1 heterocycles. The standard InChI is InChI=1S/C23H17Cl2NO3/c1-14-7-10-20-18(11-14)22(29-17-5-3-2-4-6-17)21(23(27)28)26(20)13-15-8-9-16(24)12-19(15)25/h2-12H,13H2,1H3,(H,27,28). The molecule has 1 aromatic heterocycles. The summed E-state index contributed by atoms with van der Waals surface area (Å²) in [7, 11) is 0. The van der Waals surface area contributed by atoms with Gasteiger partial charge >= 0.3 is 5.97 Å². The molecular weight excluding hydrogens is 409 g/mol. The Morgan fingerprint density at radius 3 is 2.48 bits per heavy atom. The number of hydrogen-bond donors (Lipinski definition) is 1. The highest BCUT2D eigenvalue weighted by molar-refractivity contribution is 6.35. The first-order chi connectivity index (χ1) is 13.9. The molecule has 6 heteroatoms. The monoisotopic (exact) mass is 425 g/mol. The molecule has 0 fully saturated rings. The Kier molecular flexibility index (Phi) is 5.22. The predicted molar refractivity (Wildman–Crippen MR) is 116 cm³/mol. The number of aromatic nitrogens is 1. The van der Waals surface area contributed by atoms with E-state index in [0.717, 1.165) is 22.0 Å². The van der Waals surface area contributed by atoms with Crippen molar-refractivity contribution in [3.63, 3.8) is 0 Å². The third-order valence-electron chi connectivity index (χ3n) is 4.68. The van der Waals surface area contributed by atoms with E-state index in [1.165, 1.54) is 0 Å². The molecule has 0 aliphatic carbocycles. The van der Waals surface area contributed by atoms with Crippen LogP contribution in [0.4, 0.5) is 0 Å². The van der Waals surface area contributed by atoms with Gasteiger partial charge in [0.05, 0.1) is 12.1 Å². The second kappa shape index (κ2) is 7.82. The zero-order valence-corrected chi connectivity index (χ0v) is 17.0. The van der Waals surface area contributed by atoms with Crippen LogP contribution in [-0.2, 0) is 6.54 Å². The Hall–Kier alpha value is -2.95. The van der Waals surface area contributed by atoms with E-state index < -0.39 is 5.97 Å². The number of carbonyl (C=O) groups is 1. The molecule has 1 N–H and O–H groups in total. The van der Waals surface area contributed by atoms with Gasteiger partial charge in [-0.25, -0.2) is 4.79 Å². The minimum Gasteiger partial charge on any atom is -0.476 e. The van der Waals surface area contributed by atoms with Crippen LogP contribution in [0.3, 0.4) is 0 Å². The summed E-state index contributed by atoms with van der Waals surface area (Å²) < 4.78 is 7.76. The number of aryl methyl sites for hydroxylation is 1. The fourth-order valence-electron chi connectivity index (χ4n) is 3.34. The zero-order valence-electron chi connectivity index (χ0n) is 15.5. The molecule has 0 saturated carbocycles. The SMILES string of the molecule is Cc1ccc2c(c1)c(Oc1ccccc1)c(C(=O)O)n2Cc1ccc(Cl)cc1Cl. The van der Waals surface area contributed by atoms with Crippen LogP contribution in [0, 0.1) is 6.92 Å². The number of carboxylic acid groups (broad SMARTS) is 1. The molecule has 0 spiro atoms. The van der Waals surface area contributed by atoms with Crippen molar-refractivity contribution in [2.45, 2.75) is 13.5 Å². The van der Waals surface area contributed by atoms with Crippen LogP contribution < -0.4 is 4.74 Å². The molecule has 0 aliphatic rings. The summed E-state index contributed by atoms with van der Waals surface area (Å²) >= 11 is 12.4. The van der Waals surface area contributed by atoms with E-state index in [0.29, 0.717) is 21.5 Å². The van der Waals surface area contributed by atoms with Crippen molar-refractivity contribution in [2.24, 2.45) is 0 Å². The maximum atomic E-state index is 12.3. The first kappa shape index (κ1) is 19.4. The Morgan fingerprint density at radius 2 is 1.79 bits per heavy atom. The van der Waals surface area contributed by atoms with Crippen LogP contribution in [0.15, 0.2) is 66.7 Å². The molecular formula is C23H17Cl2NO3. The molecule has 0 unspecified atom stereocenters. The summed E-state index contributed by atoms with van der Waals surface area (Å²) in [5, 5.41) is 11.8. The third-order valence-corrected chi connectivity index (χ3v) is 5.27. The van der Waals surface area contributed by atoms with Gasteiger partial charge in [-0.2, -0.15) is 0 Å². The molecule has 4 aromatic rings. The van der Waals surface area contributed by atoms with Gasteiger partial charge in [-0.3, -0.25) is 0 Å². The normalized spacial score (nSPS) is 11.0. The first-order valence-electron chi connectivity index (χ1n) is 8.97. The van der Waals surface area contributed by atoms with Crippen LogP contribution in [0.2, 0.25) is 10.0 Å². The van der Waals surface area contributed by atoms with Crippen molar-refractivity contribution >= 4 is 40.1 Å². The van der Waals surface area contributed by atoms with Gasteiger partial charge in [-0.15, -0.1) is 0 Å². The van der Waals surface area contributed by atoms with Crippen molar-refractivity contribution in [3.05, 3.63) is 93.6 Å². The van der Waals surface area contributed by atoms with Crippen LogP contribution in [0.1, 0.15) is 21.6 Å². The number of nitrogens with zero attached hydrogens (tertiary/aromatic N) is 1. The third kappa shape index (κ3) is 3.82. The largest absolute Gasteiger partial charge is 0.476 e. The smallest absolute Gasteiger partial charge is 0.356 e. The number of para-hydroxylation sites is 1. The van der Waals surface area contributed by atoms with Gasteiger partial charge in [0.2, 0.25) is 0 Å². The number of ether oxygens (including phenoxy) is 1. The number of rotatable bonds is 5. The van der Waals surface area contributed by atoms with E-state index in [4.69, 9.17) is 27.9 Å². The molecule has 0 aliphatic heterocycles. The summed E-state index contributed by atoms with van der Waals surface area (Å²) in [5.74, 6) is -0.192. The van der Waals surface area contributed by atoms with Crippen molar-refractivity contribution < 1.29 is 14.6 Å². The van der Waals surface area contributed by atoms with Gasteiger partial charge in [0.15, 0.2) is 11.4 Å². The summed E-state index contributed by atoms with van der Waals surface area (Å²) in [6.45, 7) is 2.23. The van der Waals surface area contributed by atoms with Crippen molar-refractivity contribution in [3.8, 4) is 11.5 Å². The van der Waals surface area contributed by atoms with Crippen LogP contribution >= 0.6 is 23.2 Å². The van der Waals surface area contributed by atoms with Gasteiger partial charge < -0.3 is 14.4 Å². The molecule has 0 saturated heterocycles. The van der Waals surface area contributed by atoms with Crippen LogP contribution in [-0.4, -0.2) is 15.6 Å². The lowest BCUT2D eigenvalue weighted by atomic mass is 10.1. The predicted octanol–water partition coefficient (Wildman–Crippen LogP) is 6.80. The first-order valence-corrected chi connectivity index (χ1v) is 9.72. The van der Waals surface area contributed by atoms with E-state index in [9.17, 15) is 9.90 Å². The molecule has 0 radical (unpaired) electrons. The highest BCUT2D eigenvalue weighted by Crippen LogP contribution is 2.38.